The first kappa shape index (κ1) is 18.4. The van der Waals surface area contributed by atoms with Crippen molar-refractivity contribution in [2.45, 2.75) is 19.9 Å². The largest absolute Gasteiger partial charge is 0.341 e. The lowest BCUT2D eigenvalue weighted by molar-refractivity contribution is 0.289. The predicted molar refractivity (Wildman–Crippen MR) is 105 cm³/mol. The molecule has 0 amide bonds. The first-order valence-corrected chi connectivity index (χ1v) is 8.57. The Labute approximate surface area is 150 Å². The number of thiocarbonyl (C=S) groups is 1. The molecule has 4 nitrogen and oxygen atoms in total. The van der Waals surface area contributed by atoms with Crippen LogP contribution in [0.15, 0.2) is 48.8 Å². The molecule has 1 atom stereocenters. The summed E-state index contributed by atoms with van der Waals surface area (Å²) in [5.74, 6) is 0. The molecule has 1 heterocycles. The topological polar surface area (TPSA) is 31.4 Å². The molecule has 0 aliphatic rings. The van der Waals surface area contributed by atoms with Crippen LogP contribution >= 0.6 is 12.2 Å². The molecule has 0 bridgehead atoms. The Balaban J connectivity index is 2.14. The summed E-state index contributed by atoms with van der Waals surface area (Å²) < 4.78 is 0. The van der Waals surface area contributed by atoms with Gasteiger partial charge in [0.25, 0.3) is 0 Å². The van der Waals surface area contributed by atoms with E-state index in [1.807, 2.05) is 12.3 Å². The predicted octanol–water partition coefficient (Wildman–Crippen LogP) is 3.71. The average Bonchev–Trinajstić information content (AvgIpc) is 2.57. The zero-order valence-corrected chi connectivity index (χ0v) is 15.7. The van der Waals surface area contributed by atoms with Gasteiger partial charge in [0.15, 0.2) is 5.11 Å². The van der Waals surface area contributed by atoms with Gasteiger partial charge in [0.1, 0.15) is 0 Å². The van der Waals surface area contributed by atoms with E-state index in [0.29, 0.717) is 0 Å². The fraction of sp³-hybridized carbons (Fsp3) is 0.368. The van der Waals surface area contributed by atoms with Gasteiger partial charge in [0.05, 0.1) is 6.04 Å². The molecular weight excluding hydrogens is 316 g/mol. The molecule has 1 N–H and O–H groups in total. The molecule has 2 rings (SSSR count). The lowest BCUT2D eigenvalue weighted by Crippen LogP contribution is -2.40. The van der Waals surface area contributed by atoms with Crippen LogP contribution in [-0.2, 0) is 0 Å². The lowest BCUT2D eigenvalue weighted by Gasteiger charge is -2.33. The molecule has 128 valence electrons. The lowest BCUT2D eigenvalue weighted by atomic mass is 10.1. The molecular formula is C19H26N4S. The highest BCUT2D eigenvalue weighted by atomic mass is 32.1. The smallest absolute Gasteiger partial charge is 0.173 e. The van der Waals surface area contributed by atoms with Crippen LogP contribution in [0.1, 0.15) is 24.1 Å². The summed E-state index contributed by atoms with van der Waals surface area (Å²) in [5.41, 5.74) is 3.41. The number of aryl methyl sites for hydroxylation is 1. The maximum atomic E-state index is 5.69. The number of benzene rings is 1. The minimum absolute atomic E-state index is 0.157. The van der Waals surface area contributed by atoms with Crippen LogP contribution in [0, 0.1) is 6.92 Å². The summed E-state index contributed by atoms with van der Waals surface area (Å²) in [5, 5.41) is 4.10. The second-order valence-corrected chi connectivity index (χ2v) is 6.64. The van der Waals surface area contributed by atoms with Crippen molar-refractivity contribution in [3.8, 4) is 0 Å². The zero-order chi connectivity index (χ0) is 17.5. The van der Waals surface area contributed by atoms with Gasteiger partial charge in [-0.1, -0.05) is 23.8 Å². The monoisotopic (exact) mass is 342 g/mol. The summed E-state index contributed by atoms with van der Waals surface area (Å²) in [6, 6.07) is 12.5. The van der Waals surface area contributed by atoms with Gasteiger partial charge in [-0.25, -0.2) is 0 Å². The molecule has 5 heteroatoms. The Morgan fingerprint density at radius 2 is 1.88 bits per heavy atom. The van der Waals surface area contributed by atoms with E-state index in [1.54, 1.807) is 6.20 Å². The Morgan fingerprint density at radius 3 is 2.46 bits per heavy atom. The van der Waals surface area contributed by atoms with Crippen molar-refractivity contribution in [1.29, 1.82) is 0 Å². The zero-order valence-electron chi connectivity index (χ0n) is 14.9. The molecule has 0 fully saturated rings. The minimum atomic E-state index is 0.157. The van der Waals surface area contributed by atoms with Gasteiger partial charge in [0, 0.05) is 31.2 Å². The molecule has 1 aromatic heterocycles. The fourth-order valence-electron chi connectivity index (χ4n) is 2.41. The van der Waals surface area contributed by atoms with E-state index in [0.717, 1.165) is 29.5 Å². The van der Waals surface area contributed by atoms with Crippen LogP contribution in [0.2, 0.25) is 0 Å². The molecule has 2 aromatic rings. The second kappa shape index (κ2) is 8.76. The van der Waals surface area contributed by atoms with E-state index in [2.05, 4.69) is 78.4 Å². The van der Waals surface area contributed by atoms with Crippen molar-refractivity contribution < 1.29 is 0 Å². The Morgan fingerprint density at radius 1 is 1.17 bits per heavy atom. The second-order valence-electron chi connectivity index (χ2n) is 6.26. The molecule has 0 unspecified atom stereocenters. The van der Waals surface area contributed by atoms with Crippen molar-refractivity contribution in [2.24, 2.45) is 0 Å². The highest BCUT2D eigenvalue weighted by molar-refractivity contribution is 7.80. The summed E-state index contributed by atoms with van der Waals surface area (Å²) in [6.45, 7) is 6.02. The van der Waals surface area contributed by atoms with Crippen molar-refractivity contribution in [2.75, 3.05) is 32.5 Å². The van der Waals surface area contributed by atoms with E-state index >= 15 is 0 Å². The molecule has 0 aliphatic heterocycles. The summed E-state index contributed by atoms with van der Waals surface area (Å²) >= 11 is 5.69. The number of anilines is 1. The number of rotatable bonds is 6. The van der Waals surface area contributed by atoms with E-state index in [1.165, 1.54) is 5.56 Å². The van der Waals surface area contributed by atoms with Gasteiger partial charge in [-0.3, -0.25) is 4.98 Å². The first-order valence-electron chi connectivity index (χ1n) is 8.16. The maximum Gasteiger partial charge on any atom is 0.173 e. The van der Waals surface area contributed by atoms with Crippen LogP contribution in [0.4, 0.5) is 5.69 Å². The van der Waals surface area contributed by atoms with Crippen LogP contribution in [0.25, 0.3) is 0 Å². The average molecular weight is 343 g/mol. The number of nitrogens with one attached hydrogen (secondary N) is 1. The summed E-state index contributed by atoms with van der Waals surface area (Å²) in [7, 11) is 4.15. The molecule has 0 aliphatic carbocycles. The van der Waals surface area contributed by atoms with Gasteiger partial charge >= 0.3 is 0 Å². The molecule has 24 heavy (non-hydrogen) atoms. The Hall–Kier alpha value is -1.98. The molecule has 0 saturated carbocycles. The highest BCUT2D eigenvalue weighted by Gasteiger charge is 2.19. The maximum absolute atomic E-state index is 5.69. The number of nitrogens with zero attached hydrogens (tertiary/aromatic N) is 3. The van der Waals surface area contributed by atoms with Crippen molar-refractivity contribution in [3.05, 3.63) is 59.9 Å². The van der Waals surface area contributed by atoms with Crippen molar-refractivity contribution in [3.63, 3.8) is 0 Å². The third-order valence-electron chi connectivity index (χ3n) is 3.99. The summed E-state index contributed by atoms with van der Waals surface area (Å²) in [4.78, 5) is 8.61. The van der Waals surface area contributed by atoms with Crippen LogP contribution in [0.5, 0.6) is 0 Å². The minimum Gasteiger partial charge on any atom is -0.341 e. The van der Waals surface area contributed by atoms with Crippen LogP contribution in [-0.4, -0.2) is 47.1 Å². The van der Waals surface area contributed by atoms with Gasteiger partial charge < -0.3 is 15.1 Å². The number of aromatic nitrogens is 1. The SMILES string of the molecule is Cc1ccc(NC(=S)N(CCN(C)C)[C@H](C)c2cccnc2)cc1. The van der Waals surface area contributed by atoms with Gasteiger partial charge in [0.2, 0.25) is 0 Å². The summed E-state index contributed by atoms with van der Waals surface area (Å²) in [6.07, 6.45) is 3.70. The van der Waals surface area contributed by atoms with Gasteiger partial charge in [-0.2, -0.15) is 0 Å². The quantitative estimate of drug-likeness (QED) is 0.809. The molecule has 0 radical (unpaired) electrons. The number of hydrogen-bond donors (Lipinski definition) is 1. The van der Waals surface area contributed by atoms with E-state index in [4.69, 9.17) is 12.2 Å². The number of pyridine rings is 1. The number of likely N-dealkylation sites (N-methyl/N-ethyl adjacent to an activating group) is 1. The van der Waals surface area contributed by atoms with E-state index in [9.17, 15) is 0 Å². The first-order chi connectivity index (χ1) is 11.5. The van der Waals surface area contributed by atoms with E-state index in [-0.39, 0.29) is 6.04 Å². The normalized spacial score (nSPS) is 12.0. The molecule has 0 saturated heterocycles. The van der Waals surface area contributed by atoms with Gasteiger partial charge in [-0.15, -0.1) is 0 Å². The molecule has 0 spiro atoms. The molecule has 1 aromatic carbocycles. The van der Waals surface area contributed by atoms with Gasteiger partial charge in [-0.05, 0) is 63.9 Å². The number of hydrogen-bond acceptors (Lipinski definition) is 3. The fourth-order valence-corrected chi connectivity index (χ4v) is 2.78. The Kier molecular flexibility index (Phi) is 6.70. The third-order valence-corrected chi connectivity index (χ3v) is 4.32. The standard InChI is InChI=1S/C19H26N4S/c1-15-7-9-18(10-8-15)21-19(24)23(13-12-22(3)4)16(2)17-6-5-11-20-14-17/h5-11,14,16H,12-13H2,1-4H3,(H,21,24)/t16-/m1/s1. The van der Waals surface area contributed by atoms with Crippen LogP contribution < -0.4 is 5.32 Å². The van der Waals surface area contributed by atoms with Crippen LogP contribution in [0.3, 0.4) is 0 Å². The van der Waals surface area contributed by atoms with E-state index < -0.39 is 0 Å². The van der Waals surface area contributed by atoms with Crippen molar-refractivity contribution >= 4 is 23.0 Å². The Bertz CT molecular complexity index is 640. The third kappa shape index (κ3) is 5.28. The highest BCUT2D eigenvalue weighted by Crippen LogP contribution is 2.21. The van der Waals surface area contributed by atoms with Crippen molar-refractivity contribution in [1.82, 2.24) is 14.8 Å².